The molecule has 5 heteroatoms. The van der Waals surface area contributed by atoms with Crippen LogP contribution in [0.15, 0.2) is 54.7 Å². The topological polar surface area (TPSA) is 73.4 Å². The molecule has 1 aromatic heterocycles. The molecule has 5 nitrogen and oxygen atoms in total. The van der Waals surface area contributed by atoms with Crippen molar-refractivity contribution < 1.29 is 14.7 Å². The predicted octanol–water partition coefficient (Wildman–Crippen LogP) is 3.39. The molecule has 0 saturated carbocycles. The molecular weight excluding hydrogens is 304 g/mol. The summed E-state index contributed by atoms with van der Waals surface area (Å²) in [5.41, 5.74) is 3.24. The lowest BCUT2D eigenvalue weighted by molar-refractivity contribution is -0.137. The van der Waals surface area contributed by atoms with Gasteiger partial charge < -0.3 is 15.0 Å². The first-order valence-corrected chi connectivity index (χ1v) is 7.83. The van der Waals surface area contributed by atoms with E-state index in [1.54, 1.807) is 4.90 Å². The lowest BCUT2D eigenvalue weighted by Crippen LogP contribution is -2.30. The van der Waals surface area contributed by atoms with Crippen molar-refractivity contribution >= 4 is 28.5 Å². The number of carboxylic acid groups (broad SMARTS) is 1. The average Bonchev–Trinajstić information content (AvgIpc) is 3.18. The van der Waals surface area contributed by atoms with Crippen molar-refractivity contribution in [1.29, 1.82) is 0 Å². The van der Waals surface area contributed by atoms with Crippen molar-refractivity contribution in [3.8, 4) is 0 Å². The van der Waals surface area contributed by atoms with Gasteiger partial charge >= 0.3 is 5.97 Å². The molecular formula is C19H16N2O3. The molecule has 120 valence electrons. The van der Waals surface area contributed by atoms with Gasteiger partial charge in [-0.05, 0) is 35.2 Å². The van der Waals surface area contributed by atoms with Gasteiger partial charge in [0.15, 0.2) is 0 Å². The zero-order valence-electron chi connectivity index (χ0n) is 12.9. The van der Waals surface area contributed by atoms with Crippen LogP contribution < -0.4 is 4.90 Å². The summed E-state index contributed by atoms with van der Waals surface area (Å²) in [4.78, 5) is 28.9. The first kappa shape index (κ1) is 14.5. The van der Waals surface area contributed by atoms with Crippen LogP contribution in [0.5, 0.6) is 0 Å². The number of carbonyl (C=O) groups excluding carboxylic acids is 1. The van der Waals surface area contributed by atoms with E-state index in [2.05, 4.69) is 4.98 Å². The molecule has 2 aromatic carbocycles. The third kappa shape index (κ3) is 2.34. The number of rotatable bonds is 3. The Morgan fingerprint density at radius 1 is 1.17 bits per heavy atom. The molecule has 1 aliphatic rings. The van der Waals surface area contributed by atoms with Crippen molar-refractivity contribution in [1.82, 2.24) is 4.98 Å². The molecule has 0 saturated heterocycles. The number of carboxylic acids is 1. The van der Waals surface area contributed by atoms with Crippen LogP contribution in [0.4, 0.5) is 5.69 Å². The number of anilines is 1. The summed E-state index contributed by atoms with van der Waals surface area (Å²) in [6, 6.07) is 15.1. The zero-order valence-corrected chi connectivity index (χ0v) is 12.9. The number of nitrogens with zero attached hydrogens (tertiary/aromatic N) is 1. The zero-order chi connectivity index (χ0) is 16.7. The first-order valence-electron chi connectivity index (χ1n) is 7.83. The van der Waals surface area contributed by atoms with Crippen LogP contribution in [0.2, 0.25) is 0 Å². The van der Waals surface area contributed by atoms with Crippen LogP contribution in [0, 0.1) is 0 Å². The standard InChI is InChI=1S/C19H16N2O3/c22-18(23)10-14-11-21(17-4-2-1-3-15(14)17)19(24)13-6-5-12-7-8-20-16(12)9-13/h1-9,14,20H,10-11H2,(H,22,23). The van der Waals surface area contributed by atoms with E-state index in [0.717, 1.165) is 22.2 Å². The number of amides is 1. The third-order valence-corrected chi connectivity index (χ3v) is 4.54. The smallest absolute Gasteiger partial charge is 0.304 e. The second-order valence-corrected chi connectivity index (χ2v) is 6.05. The quantitative estimate of drug-likeness (QED) is 0.777. The first-order chi connectivity index (χ1) is 11.6. The number of hydrogen-bond donors (Lipinski definition) is 2. The number of aromatic amines is 1. The number of aliphatic carboxylic acids is 1. The molecule has 0 spiro atoms. The van der Waals surface area contributed by atoms with Gasteiger partial charge in [0, 0.05) is 35.4 Å². The summed E-state index contributed by atoms with van der Waals surface area (Å²) in [7, 11) is 0. The Kier molecular flexibility index (Phi) is 3.34. The van der Waals surface area contributed by atoms with Gasteiger partial charge in [0.2, 0.25) is 0 Å². The molecule has 24 heavy (non-hydrogen) atoms. The molecule has 1 amide bonds. The van der Waals surface area contributed by atoms with Gasteiger partial charge in [-0.25, -0.2) is 0 Å². The monoisotopic (exact) mass is 320 g/mol. The van der Waals surface area contributed by atoms with Crippen molar-refractivity contribution in [2.45, 2.75) is 12.3 Å². The molecule has 0 bridgehead atoms. The largest absolute Gasteiger partial charge is 0.481 e. The molecule has 0 fully saturated rings. The third-order valence-electron chi connectivity index (χ3n) is 4.54. The number of para-hydroxylation sites is 1. The van der Waals surface area contributed by atoms with Gasteiger partial charge in [0.25, 0.3) is 5.91 Å². The number of fused-ring (bicyclic) bond motifs is 2. The molecule has 0 radical (unpaired) electrons. The van der Waals surface area contributed by atoms with Crippen LogP contribution >= 0.6 is 0 Å². The number of H-pyrrole nitrogens is 1. The number of carbonyl (C=O) groups is 2. The molecule has 1 atom stereocenters. The normalized spacial score (nSPS) is 16.3. The Bertz CT molecular complexity index is 944. The number of benzene rings is 2. The molecule has 0 aliphatic carbocycles. The summed E-state index contributed by atoms with van der Waals surface area (Å²) in [6.07, 6.45) is 1.86. The summed E-state index contributed by atoms with van der Waals surface area (Å²) in [5.74, 6) is -1.12. The lowest BCUT2D eigenvalue weighted by Gasteiger charge is -2.18. The van der Waals surface area contributed by atoms with E-state index in [4.69, 9.17) is 5.11 Å². The fraction of sp³-hybridized carbons (Fsp3) is 0.158. The van der Waals surface area contributed by atoms with E-state index in [-0.39, 0.29) is 18.2 Å². The molecule has 1 unspecified atom stereocenters. The van der Waals surface area contributed by atoms with E-state index in [1.807, 2.05) is 54.7 Å². The van der Waals surface area contributed by atoms with E-state index in [9.17, 15) is 9.59 Å². The number of hydrogen-bond acceptors (Lipinski definition) is 2. The lowest BCUT2D eigenvalue weighted by atomic mass is 9.98. The highest BCUT2D eigenvalue weighted by Gasteiger charge is 2.33. The average molecular weight is 320 g/mol. The highest BCUT2D eigenvalue weighted by Crippen LogP contribution is 2.38. The molecule has 3 aromatic rings. The Balaban J connectivity index is 1.70. The van der Waals surface area contributed by atoms with Crippen LogP contribution in [0.25, 0.3) is 10.9 Å². The predicted molar refractivity (Wildman–Crippen MR) is 91.4 cm³/mol. The summed E-state index contributed by atoms with van der Waals surface area (Å²) in [6.45, 7) is 0.396. The van der Waals surface area contributed by atoms with Gasteiger partial charge in [-0.15, -0.1) is 0 Å². The van der Waals surface area contributed by atoms with Crippen molar-refractivity contribution in [2.24, 2.45) is 0 Å². The maximum Gasteiger partial charge on any atom is 0.304 e. The van der Waals surface area contributed by atoms with E-state index in [0.29, 0.717) is 12.1 Å². The maximum absolute atomic E-state index is 13.0. The Morgan fingerprint density at radius 3 is 2.83 bits per heavy atom. The second kappa shape index (κ2) is 5.53. The van der Waals surface area contributed by atoms with Gasteiger partial charge in [-0.3, -0.25) is 9.59 Å². The maximum atomic E-state index is 13.0. The molecule has 2 N–H and O–H groups in total. The van der Waals surface area contributed by atoms with Crippen molar-refractivity contribution in [2.75, 3.05) is 11.4 Å². The molecule has 4 rings (SSSR count). The highest BCUT2D eigenvalue weighted by molar-refractivity contribution is 6.09. The van der Waals surface area contributed by atoms with Gasteiger partial charge in [-0.1, -0.05) is 24.3 Å². The molecule has 2 heterocycles. The van der Waals surface area contributed by atoms with Crippen molar-refractivity contribution in [3.05, 3.63) is 65.9 Å². The van der Waals surface area contributed by atoms with Gasteiger partial charge in [0.05, 0.1) is 6.42 Å². The molecule has 1 aliphatic heterocycles. The summed E-state index contributed by atoms with van der Waals surface area (Å²) in [5, 5.41) is 10.2. The van der Waals surface area contributed by atoms with E-state index in [1.165, 1.54) is 0 Å². The minimum absolute atomic E-state index is 0.0243. The van der Waals surface area contributed by atoms with Crippen molar-refractivity contribution in [3.63, 3.8) is 0 Å². The number of aromatic nitrogens is 1. The Morgan fingerprint density at radius 2 is 2.00 bits per heavy atom. The fourth-order valence-corrected chi connectivity index (χ4v) is 3.41. The second-order valence-electron chi connectivity index (χ2n) is 6.05. The Labute approximate surface area is 138 Å². The minimum atomic E-state index is -0.850. The van der Waals surface area contributed by atoms with Crippen LogP contribution in [-0.4, -0.2) is 28.5 Å². The van der Waals surface area contributed by atoms with Crippen LogP contribution in [0.1, 0.15) is 28.3 Å². The highest BCUT2D eigenvalue weighted by atomic mass is 16.4. The van der Waals surface area contributed by atoms with Crippen LogP contribution in [-0.2, 0) is 4.79 Å². The van der Waals surface area contributed by atoms with Gasteiger partial charge in [-0.2, -0.15) is 0 Å². The van der Waals surface area contributed by atoms with Crippen LogP contribution in [0.3, 0.4) is 0 Å². The van der Waals surface area contributed by atoms with E-state index < -0.39 is 5.97 Å². The fourth-order valence-electron chi connectivity index (χ4n) is 3.41. The van der Waals surface area contributed by atoms with E-state index >= 15 is 0 Å². The number of nitrogens with one attached hydrogen (secondary N) is 1. The summed E-state index contributed by atoms with van der Waals surface area (Å²) >= 11 is 0. The minimum Gasteiger partial charge on any atom is -0.481 e. The summed E-state index contributed by atoms with van der Waals surface area (Å²) < 4.78 is 0. The Hall–Kier alpha value is -3.08. The SMILES string of the molecule is O=C(O)CC1CN(C(=O)c2ccc3cc[nH]c3c2)c2ccccc21. The van der Waals surface area contributed by atoms with Gasteiger partial charge in [0.1, 0.15) is 0 Å².